The number of ether oxygens (including phenoxy) is 1. The molecule has 18 heavy (non-hydrogen) atoms. The molecule has 0 bridgehead atoms. The van der Waals surface area contributed by atoms with Crippen molar-refractivity contribution in [2.75, 3.05) is 20.3 Å². The van der Waals surface area contributed by atoms with Gasteiger partial charge in [0.1, 0.15) is 0 Å². The van der Waals surface area contributed by atoms with E-state index in [4.69, 9.17) is 4.74 Å². The molecule has 0 saturated heterocycles. The highest BCUT2D eigenvalue weighted by molar-refractivity contribution is 5.28. The van der Waals surface area contributed by atoms with Gasteiger partial charge in [0.05, 0.1) is 5.69 Å². The summed E-state index contributed by atoms with van der Waals surface area (Å²) >= 11 is 0. The number of hydrogen-bond acceptors (Lipinski definition) is 3. The predicted octanol–water partition coefficient (Wildman–Crippen LogP) is 2.60. The molecule has 0 aliphatic carbocycles. The van der Waals surface area contributed by atoms with E-state index in [-0.39, 0.29) is 0 Å². The number of nitrogens with one attached hydrogen (secondary N) is 1. The molecule has 1 heterocycles. The lowest BCUT2D eigenvalue weighted by atomic mass is 10.0. The molecule has 4 nitrogen and oxygen atoms in total. The van der Waals surface area contributed by atoms with Crippen molar-refractivity contribution in [2.24, 2.45) is 0 Å². The van der Waals surface area contributed by atoms with Crippen LogP contribution in [0.2, 0.25) is 0 Å². The first-order valence-electron chi connectivity index (χ1n) is 6.91. The first-order chi connectivity index (χ1) is 8.65. The van der Waals surface area contributed by atoms with E-state index < -0.39 is 0 Å². The monoisotopic (exact) mass is 253 g/mol. The van der Waals surface area contributed by atoms with Crippen LogP contribution in [0.5, 0.6) is 0 Å². The molecule has 0 amide bonds. The average molecular weight is 253 g/mol. The van der Waals surface area contributed by atoms with Gasteiger partial charge in [0, 0.05) is 37.6 Å². The lowest BCUT2D eigenvalue weighted by Gasteiger charge is -2.16. The smallest absolute Gasteiger partial charge is 0.0644 e. The highest BCUT2D eigenvalue weighted by atomic mass is 16.5. The summed E-state index contributed by atoms with van der Waals surface area (Å²) in [5, 5.41) is 8.19. The summed E-state index contributed by atoms with van der Waals surface area (Å²) in [6.45, 7) is 11.4. The number of aromatic nitrogens is 2. The van der Waals surface area contributed by atoms with Crippen molar-refractivity contribution in [2.45, 2.75) is 53.1 Å². The Bertz CT molecular complexity index is 360. The Balaban J connectivity index is 2.85. The van der Waals surface area contributed by atoms with E-state index in [1.165, 1.54) is 11.3 Å². The second kappa shape index (κ2) is 7.54. The van der Waals surface area contributed by atoms with Gasteiger partial charge in [-0.1, -0.05) is 13.8 Å². The molecule has 1 aromatic heterocycles. The summed E-state index contributed by atoms with van der Waals surface area (Å²) in [4.78, 5) is 0. The molecule has 1 aromatic rings. The fourth-order valence-electron chi connectivity index (χ4n) is 2.49. The molecule has 1 unspecified atom stereocenters. The SMILES string of the molecule is CCNC(CC)c1c(C)nn(CCCOC)c1C. The minimum atomic E-state index is 0.422. The molecular weight excluding hydrogens is 226 g/mol. The Morgan fingerprint density at radius 2 is 2.06 bits per heavy atom. The van der Waals surface area contributed by atoms with Crippen LogP contribution < -0.4 is 5.32 Å². The predicted molar refractivity (Wildman–Crippen MR) is 74.9 cm³/mol. The summed E-state index contributed by atoms with van der Waals surface area (Å²) in [5.74, 6) is 0. The zero-order chi connectivity index (χ0) is 13.5. The van der Waals surface area contributed by atoms with Gasteiger partial charge in [-0.05, 0) is 33.2 Å². The lowest BCUT2D eigenvalue weighted by molar-refractivity contribution is 0.188. The van der Waals surface area contributed by atoms with E-state index in [0.29, 0.717) is 6.04 Å². The van der Waals surface area contributed by atoms with E-state index >= 15 is 0 Å². The van der Waals surface area contributed by atoms with Gasteiger partial charge in [-0.15, -0.1) is 0 Å². The van der Waals surface area contributed by atoms with Crippen molar-refractivity contribution >= 4 is 0 Å². The zero-order valence-electron chi connectivity index (χ0n) is 12.4. The Morgan fingerprint density at radius 3 is 2.61 bits per heavy atom. The van der Waals surface area contributed by atoms with Crippen LogP contribution in [-0.4, -0.2) is 30.0 Å². The van der Waals surface area contributed by atoms with Gasteiger partial charge in [-0.3, -0.25) is 4.68 Å². The van der Waals surface area contributed by atoms with E-state index in [0.717, 1.165) is 38.2 Å². The van der Waals surface area contributed by atoms with Gasteiger partial charge >= 0.3 is 0 Å². The van der Waals surface area contributed by atoms with Gasteiger partial charge in [-0.25, -0.2) is 0 Å². The third kappa shape index (κ3) is 3.56. The van der Waals surface area contributed by atoms with E-state index in [9.17, 15) is 0 Å². The standard InChI is InChI=1S/C14H27N3O/c1-6-13(15-7-2)14-11(3)16-17(12(14)4)9-8-10-18-5/h13,15H,6-10H2,1-5H3. The van der Waals surface area contributed by atoms with Crippen LogP contribution in [0, 0.1) is 13.8 Å². The van der Waals surface area contributed by atoms with Crippen molar-refractivity contribution in [3.05, 3.63) is 17.0 Å². The Kier molecular flexibility index (Phi) is 6.36. The third-order valence-electron chi connectivity index (χ3n) is 3.36. The van der Waals surface area contributed by atoms with Crippen molar-refractivity contribution in [1.29, 1.82) is 0 Å². The molecule has 0 fully saturated rings. The van der Waals surface area contributed by atoms with E-state index in [1.54, 1.807) is 7.11 Å². The summed E-state index contributed by atoms with van der Waals surface area (Å²) in [7, 11) is 1.74. The summed E-state index contributed by atoms with van der Waals surface area (Å²) in [6.07, 6.45) is 2.11. The van der Waals surface area contributed by atoms with Crippen LogP contribution in [0.3, 0.4) is 0 Å². The van der Waals surface area contributed by atoms with E-state index in [2.05, 4.69) is 42.8 Å². The van der Waals surface area contributed by atoms with Crippen LogP contribution in [0.1, 0.15) is 49.7 Å². The molecule has 0 saturated carbocycles. The van der Waals surface area contributed by atoms with Crippen LogP contribution in [0.15, 0.2) is 0 Å². The maximum atomic E-state index is 5.09. The quantitative estimate of drug-likeness (QED) is 0.724. The number of rotatable bonds is 8. The third-order valence-corrected chi connectivity index (χ3v) is 3.36. The number of hydrogen-bond donors (Lipinski definition) is 1. The average Bonchev–Trinajstić information content (AvgIpc) is 2.63. The van der Waals surface area contributed by atoms with E-state index in [1.807, 2.05) is 0 Å². The number of aryl methyl sites for hydroxylation is 2. The topological polar surface area (TPSA) is 39.1 Å². The Hall–Kier alpha value is -0.870. The van der Waals surface area contributed by atoms with Gasteiger partial charge in [-0.2, -0.15) is 5.10 Å². The normalized spacial score (nSPS) is 12.9. The molecule has 0 aromatic carbocycles. The summed E-state index contributed by atoms with van der Waals surface area (Å²) < 4.78 is 7.21. The fraction of sp³-hybridized carbons (Fsp3) is 0.786. The molecular formula is C14H27N3O. The minimum absolute atomic E-state index is 0.422. The molecule has 4 heteroatoms. The van der Waals surface area contributed by atoms with Crippen molar-refractivity contribution in [3.63, 3.8) is 0 Å². The summed E-state index contributed by atoms with van der Waals surface area (Å²) in [5.41, 5.74) is 3.81. The second-order valence-electron chi connectivity index (χ2n) is 4.67. The molecule has 1 N–H and O–H groups in total. The van der Waals surface area contributed by atoms with Gasteiger partial charge < -0.3 is 10.1 Å². The largest absolute Gasteiger partial charge is 0.385 e. The first kappa shape index (κ1) is 15.2. The second-order valence-corrected chi connectivity index (χ2v) is 4.67. The first-order valence-corrected chi connectivity index (χ1v) is 6.91. The fourth-order valence-corrected chi connectivity index (χ4v) is 2.49. The van der Waals surface area contributed by atoms with Crippen LogP contribution >= 0.6 is 0 Å². The highest BCUT2D eigenvalue weighted by Gasteiger charge is 2.18. The van der Waals surface area contributed by atoms with Gasteiger partial charge in [0.15, 0.2) is 0 Å². The lowest BCUT2D eigenvalue weighted by Crippen LogP contribution is -2.21. The maximum absolute atomic E-state index is 5.09. The summed E-state index contributed by atoms with van der Waals surface area (Å²) in [6, 6.07) is 0.422. The molecule has 104 valence electrons. The number of nitrogens with zero attached hydrogens (tertiary/aromatic N) is 2. The van der Waals surface area contributed by atoms with Crippen LogP contribution in [-0.2, 0) is 11.3 Å². The molecule has 0 spiro atoms. The number of methoxy groups -OCH3 is 1. The van der Waals surface area contributed by atoms with Crippen LogP contribution in [0.25, 0.3) is 0 Å². The van der Waals surface area contributed by atoms with Gasteiger partial charge in [0.2, 0.25) is 0 Å². The molecule has 1 atom stereocenters. The molecule has 0 aliphatic heterocycles. The maximum Gasteiger partial charge on any atom is 0.0644 e. The van der Waals surface area contributed by atoms with Crippen molar-refractivity contribution < 1.29 is 4.74 Å². The zero-order valence-corrected chi connectivity index (χ0v) is 12.4. The van der Waals surface area contributed by atoms with Gasteiger partial charge in [0.25, 0.3) is 0 Å². The molecule has 0 aliphatic rings. The Labute approximate surface area is 111 Å². The minimum Gasteiger partial charge on any atom is -0.385 e. The Morgan fingerprint density at radius 1 is 1.33 bits per heavy atom. The highest BCUT2D eigenvalue weighted by Crippen LogP contribution is 2.24. The van der Waals surface area contributed by atoms with Crippen molar-refractivity contribution in [3.8, 4) is 0 Å². The molecule has 0 radical (unpaired) electrons. The van der Waals surface area contributed by atoms with Crippen molar-refractivity contribution in [1.82, 2.24) is 15.1 Å². The molecule has 1 rings (SSSR count). The van der Waals surface area contributed by atoms with Crippen LogP contribution in [0.4, 0.5) is 0 Å².